The Morgan fingerprint density at radius 1 is 1.25 bits per heavy atom. The number of hydrogen-bond donors (Lipinski definition) is 1. The van der Waals surface area contributed by atoms with E-state index in [1.54, 1.807) is 19.5 Å². The van der Waals surface area contributed by atoms with Crippen molar-refractivity contribution in [1.29, 1.82) is 0 Å². The van der Waals surface area contributed by atoms with Crippen molar-refractivity contribution in [2.45, 2.75) is 27.7 Å². The number of aromatic amines is 1. The molecule has 1 aromatic carbocycles. The monoisotopic (exact) mass is 323 g/mol. The lowest BCUT2D eigenvalue weighted by Gasteiger charge is -2.15. The predicted octanol–water partition coefficient (Wildman–Crippen LogP) is 4.17. The molecule has 1 N–H and O–H groups in total. The number of methoxy groups -OCH3 is 1. The second-order valence-corrected chi connectivity index (χ2v) is 6.91. The number of nitrogens with zero attached hydrogens (tertiary/aromatic N) is 2. The molecule has 5 heteroatoms. The quantitative estimate of drug-likeness (QED) is 0.735. The average Bonchev–Trinajstić information content (AvgIpc) is 2.95. The minimum atomic E-state index is -0.469. The first-order chi connectivity index (χ1) is 11.3. The molecular weight excluding hydrogens is 302 g/mol. The summed E-state index contributed by atoms with van der Waals surface area (Å²) in [6, 6.07) is 5.81. The first-order valence-corrected chi connectivity index (χ1v) is 7.85. The van der Waals surface area contributed by atoms with E-state index >= 15 is 0 Å². The Morgan fingerprint density at radius 2 is 2.00 bits per heavy atom. The molecule has 0 aliphatic rings. The number of ketones is 1. The fraction of sp³-hybridized carbons (Fsp3) is 0.316. The molecule has 0 bridgehead atoms. The Labute approximate surface area is 141 Å². The molecule has 0 aliphatic carbocycles. The summed E-state index contributed by atoms with van der Waals surface area (Å²) in [5.41, 5.74) is 4.11. The Morgan fingerprint density at radius 3 is 2.62 bits per heavy atom. The van der Waals surface area contributed by atoms with Gasteiger partial charge in [-0.05, 0) is 30.7 Å². The number of carbonyl (C=O) groups excluding carboxylic acids is 1. The molecule has 0 aliphatic heterocycles. The van der Waals surface area contributed by atoms with Crippen LogP contribution >= 0.6 is 0 Å². The lowest BCUT2D eigenvalue weighted by molar-refractivity contribution is 0.0860. The van der Waals surface area contributed by atoms with E-state index in [0.29, 0.717) is 16.7 Å². The Bertz CT molecular complexity index is 920. The topological polar surface area (TPSA) is 67.9 Å². The zero-order valence-electron chi connectivity index (χ0n) is 14.6. The maximum absolute atomic E-state index is 12.6. The van der Waals surface area contributed by atoms with Gasteiger partial charge in [-0.15, -0.1) is 0 Å². The number of ether oxygens (including phenoxy) is 1. The van der Waals surface area contributed by atoms with Crippen LogP contribution < -0.4 is 4.74 Å². The van der Waals surface area contributed by atoms with Gasteiger partial charge in [0.15, 0.2) is 11.4 Å². The maximum atomic E-state index is 12.6. The van der Waals surface area contributed by atoms with Gasteiger partial charge in [-0.25, -0.2) is 9.97 Å². The van der Waals surface area contributed by atoms with Gasteiger partial charge in [0.05, 0.1) is 24.6 Å². The number of hydrogen-bond acceptors (Lipinski definition) is 4. The molecule has 5 nitrogen and oxygen atoms in total. The number of aryl methyl sites for hydroxylation is 1. The van der Waals surface area contributed by atoms with Crippen LogP contribution in [0.3, 0.4) is 0 Å². The van der Waals surface area contributed by atoms with Crippen LogP contribution in [0.25, 0.3) is 22.4 Å². The third-order valence-electron chi connectivity index (χ3n) is 4.02. The van der Waals surface area contributed by atoms with Crippen molar-refractivity contribution in [1.82, 2.24) is 15.0 Å². The molecule has 0 unspecified atom stereocenters. The van der Waals surface area contributed by atoms with Gasteiger partial charge in [-0.1, -0.05) is 20.8 Å². The van der Waals surface area contributed by atoms with Crippen LogP contribution in [0, 0.1) is 12.3 Å². The smallest absolute Gasteiger partial charge is 0.171 e. The highest BCUT2D eigenvalue weighted by molar-refractivity contribution is 6.08. The van der Waals surface area contributed by atoms with Crippen molar-refractivity contribution in [3.05, 3.63) is 41.7 Å². The van der Waals surface area contributed by atoms with Crippen molar-refractivity contribution in [2.75, 3.05) is 7.11 Å². The second-order valence-electron chi connectivity index (χ2n) is 6.91. The van der Waals surface area contributed by atoms with Crippen molar-refractivity contribution in [3.63, 3.8) is 0 Å². The van der Waals surface area contributed by atoms with Crippen LogP contribution in [0.5, 0.6) is 5.75 Å². The van der Waals surface area contributed by atoms with E-state index in [0.717, 1.165) is 22.6 Å². The first-order valence-electron chi connectivity index (χ1n) is 7.85. The van der Waals surface area contributed by atoms with Crippen LogP contribution in [0.15, 0.2) is 30.6 Å². The highest BCUT2D eigenvalue weighted by Crippen LogP contribution is 2.29. The van der Waals surface area contributed by atoms with E-state index in [4.69, 9.17) is 9.72 Å². The number of nitrogens with one attached hydrogen (secondary N) is 1. The van der Waals surface area contributed by atoms with Crippen molar-refractivity contribution in [3.8, 4) is 17.0 Å². The van der Waals surface area contributed by atoms with Gasteiger partial charge >= 0.3 is 0 Å². The van der Waals surface area contributed by atoms with Gasteiger partial charge < -0.3 is 9.72 Å². The highest BCUT2D eigenvalue weighted by Gasteiger charge is 2.26. The zero-order valence-corrected chi connectivity index (χ0v) is 14.6. The van der Waals surface area contributed by atoms with E-state index in [1.807, 2.05) is 45.9 Å². The number of H-pyrrole nitrogens is 1. The number of benzene rings is 1. The van der Waals surface area contributed by atoms with Gasteiger partial charge in [0.1, 0.15) is 11.3 Å². The van der Waals surface area contributed by atoms with Crippen LogP contribution in [0.4, 0.5) is 0 Å². The van der Waals surface area contributed by atoms with E-state index in [1.165, 1.54) is 0 Å². The van der Waals surface area contributed by atoms with E-state index < -0.39 is 5.41 Å². The van der Waals surface area contributed by atoms with Crippen molar-refractivity contribution in [2.24, 2.45) is 5.41 Å². The standard InChI is InChI=1S/C19H21N3O2/c1-11-8-12(24-5)6-7-13(11)15-10-21-18-16(22-15)14(9-20-18)17(23)19(2,3)4/h6-10H,1-5H3,(H,20,21). The molecular formula is C19H21N3O2. The SMILES string of the molecule is COc1ccc(-c2cnc3[nH]cc(C(=O)C(C)(C)C)c3n2)c(C)c1. The van der Waals surface area contributed by atoms with Crippen LogP contribution in [0.2, 0.25) is 0 Å². The normalized spacial score (nSPS) is 11.7. The van der Waals surface area contributed by atoms with E-state index in [9.17, 15) is 4.79 Å². The Balaban J connectivity index is 2.13. The summed E-state index contributed by atoms with van der Waals surface area (Å²) >= 11 is 0. The molecule has 124 valence electrons. The third kappa shape index (κ3) is 2.77. The summed E-state index contributed by atoms with van der Waals surface area (Å²) in [7, 11) is 1.64. The zero-order chi connectivity index (χ0) is 17.5. The first kappa shape index (κ1) is 16.2. The minimum absolute atomic E-state index is 0.0478. The molecule has 3 rings (SSSR count). The summed E-state index contributed by atoms with van der Waals surface area (Å²) in [5, 5.41) is 0. The largest absolute Gasteiger partial charge is 0.497 e. The predicted molar refractivity (Wildman–Crippen MR) is 94.4 cm³/mol. The summed E-state index contributed by atoms with van der Waals surface area (Å²) in [5.74, 6) is 0.849. The molecule has 2 heterocycles. The van der Waals surface area contributed by atoms with Gasteiger partial charge in [-0.2, -0.15) is 0 Å². The van der Waals surface area contributed by atoms with Crippen LogP contribution in [-0.2, 0) is 0 Å². The molecule has 0 saturated carbocycles. The number of fused-ring (bicyclic) bond motifs is 1. The van der Waals surface area contributed by atoms with Gasteiger partial charge in [0, 0.05) is 17.2 Å². The summed E-state index contributed by atoms with van der Waals surface area (Å²) in [4.78, 5) is 24.8. The molecule has 24 heavy (non-hydrogen) atoms. The summed E-state index contributed by atoms with van der Waals surface area (Å²) in [6.07, 6.45) is 3.42. The number of aromatic nitrogens is 3. The molecule has 2 aromatic heterocycles. The fourth-order valence-corrected chi connectivity index (χ4v) is 2.65. The van der Waals surface area contributed by atoms with E-state index in [-0.39, 0.29) is 5.78 Å². The minimum Gasteiger partial charge on any atom is -0.497 e. The lowest BCUT2D eigenvalue weighted by Crippen LogP contribution is -2.20. The molecule has 0 radical (unpaired) electrons. The molecule has 0 amide bonds. The number of Topliss-reactive ketones (excluding diaryl/α,β-unsaturated/α-hetero) is 1. The second kappa shape index (κ2) is 5.74. The molecule has 0 fully saturated rings. The van der Waals surface area contributed by atoms with Crippen molar-refractivity contribution >= 4 is 16.9 Å². The summed E-state index contributed by atoms with van der Waals surface area (Å²) in [6.45, 7) is 7.71. The van der Waals surface area contributed by atoms with Gasteiger partial charge in [0.2, 0.25) is 0 Å². The lowest BCUT2D eigenvalue weighted by atomic mass is 9.87. The van der Waals surface area contributed by atoms with Crippen LogP contribution in [0.1, 0.15) is 36.7 Å². The van der Waals surface area contributed by atoms with Crippen molar-refractivity contribution < 1.29 is 9.53 Å². The summed E-state index contributed by atoms with van der Waals surface area (Å²) < 4.78 is 5.25. The molecule has 3 aromatic rings. The molecule has 0 atom stereocenters. The molecule has 0 spiro atoms. The average molecular weight is 323 g/mol. The number of carbonyl (C=O) groups is 1. The molecule has 0 saturated heterocycles. The third-order valence-corrected chi connectivity index (χ3v) is 4.02. The van der Waals surface area contributed by atoms with Gasteiger partial charge in [-0.3, -0.25) is 4.79 Å². The van der Waals surface area contributed by atoms with E-state index in [2.05, 4.69) is 9.97 Å². The van der Waals surface area contributed by atoms with Gasteiger partial charge in [0.25, 0.3) is 0 Å². The fourth-order valence-electron chi connectivity index (χ4n) is 2.65. The van der Waals surface area contributed by atoms with Crippen LogP contribution in [-0.4, -0.2) is 27.8 Å². The Hall–Kier alpha value is -2.69. The number of rotatable bonds is 3. The maximum Gasteiger partial charge on any atom is 0.171 e. The highest BCUT2D eigenvalue weighted by atomic mass is 16.5. The Kier molecular flexibility index (Phi) is 3.87.